The molecule has 0 aromatic heterocycles. The van der Waals surface area contributed by atoms with E-state index in [0.717, 1.165) is 0 Å². The highest BCUT2D eigenvalue weighted by Crippen LogP contribution is 2.22. The van der Waals surface area contributed by atoms with Crippen molar-refractivity contribution in [3.63, 3.8) is 0 Å². The fraction of sp³-hybridized carbons (Fsp3) is 0.222. The summed E-state index contributed by atoms with van der Waals surface area (Å²) < 4.78 is 13.4. The number of anilines is 2. The first-order valence-electron chi connectivity index (χ1n) is 4.29. The molecule has 0 atom stereocenters. The number of nitrogens with zero attached hydrogens (tertiary/aromatic N) is 1. The minimum atomic E-state index is -0.470. The van der Waals surface area contributed by atoms with Gasteiger partial charge in [0, 0.05) is 18.8 Å². The van der Waals surface area contributed by atoms with Crippen LogP contribution in [0.1, 0.15) is 0 Å². The van der Waals surface area contributed by atoms with Gasteiger partial charge in [0.1, 0.15) is 5.82 Å². The van der Waals surface area contributed by atoms with Gasteiger partial charge < -0.3 is 11.1 Å². The van der Waals surface area contributed by atoms with Crippen molar-refractivity contribution in [1.29, 1.82) is 0 Å². The molecular formula is C9H10FN3O. The molecule has 2 amide bonds. The van der Waals surface area contributed by atoms with Gasteiger partial charge in [-0.15, -0.1) is 0 Å². The first-order valence-corrected chi connectivity index (χ1v) is 4.29. The van der Waals surface area contributed by atoms with Gasteiger partial charge in [0.15, 0.2) is 0 Å². The predicted molar refractivity (Wildman–Crippen MR) is 51.6 cm³/mol. The third kappa shape index (κ3) is 1.37. The molecule has 14 heavy (non-hydrogen) atoms. The lowest BCUT2D eigenvalue weighted by Gasteiger charge is -2.14. The van der Waals surface area contributed by atoms with Crippen LogP contribution in [0.25, 0.3) is 0 Å². The Morgan fingerprint density at radius 3 is 2.86 bits per heavy atom. The molecule has 0 bridgehead atoms. The Balaban J connectivity index is 2.36. The predicted octanol–water partition coefficient (Wildman–Crippen LogP) is 0.938. The van der Waals surface area contributed by atoms with Gasteiger partial charge in [-0.3, -0.25) is 4.90 Å². The van der Waals surface area contributed by atoms with Crippen molar-refractivity contribution in [2.45, 2.75) is 0 Å². The van der Waals surface area contributed by atoms with Crippen molar-refractivity contribution in [3.8, 4) is 0 Å². The van der Waals surface area contributed by atoms with Crippen LogP contribution in [-0.4, -0.2) is 19.1 Å². The standard InChI is InChI=1S/C9H10FN3O/c10-7-5-6(11)1-2-8(7)13-4-3-12-9(13)14/h1-2,5H,3-4,11H2,(H,12,14). The third-order valence-corrected chi connectivity index (χ3v) is 2.12. The fourth-order valence-corrected chi connectivity index (χ4v) is 1.44. The highest BCUT2D eigenvalue weighted by Gasteiger charge is 2.23. The van der Waals surface area contributed by atoms with Gasteiger partial charge in [-0.25, -0.2) is 9.18 Å². The molecule has 1 aliphatic heterocycles. The van der Waals surface area contributed by atoms with Gasteiger partial charge in [-0.2, -0.15) is 0 Å². The molecule has 0 unspecified atom stereocenters. The summed E-state index contributed by atoms with van der Waals surface area (Å²) in [7, 11) is 0. The summed E-state index contributed by atoms with van der Waals surface area (Å²) in [5.41, 5.74) is 6.03. The van der Waals surface area contributed by atoms with Crippen LogP contribution in [0.5, 0.6) is 0 Å². The molecule has 0 spiro atoms. The third-order valence-electron chi connectivity index (χ3n) is 2.12. The fourth-order valence-electron chi connectivity index (χ4n) is 1.44. The van der Waals surface area contributed by atoms with E-state index >= 15 is 0 Å². The van der Waals surface area contributed by atoms with Crippen LogP contribution in [0.15, 0.2) is 18.2 Å². The van der Waals surface area contributed by atoms with E-state index < -0.39 is 5.82 Å². The molecule has 1 aromatic rings. The summed E-state index contributed by atoms with van der Waals surface area (Å²) in [6, 6.07) is 4.02. The number of hydrogen-bond acceptors (Lipinski definition) is 2. The zero-order chi connectivity index (χ0) is 10.1. The Kier molecular flexibility index (Phi) is 1.99. The van der Waals surface area contributed by atoms with E-state index in [0.29, 0.717) is 18.8 Å². The number of urea groups is 1. The van der Waals surface area contributed by atoms with Crippen LogP contribution < -0.4 is 16.0 Å². The smallest absolute Gasteiger partial charge is 0.322 e. The normalized spacial score (nSPS) is 15.8. The Morgan fingerprint density at radius 1 is 1.50 bits per heavy atom. The second-order valence-corrected chi connectivity index (χ2v) is 3.09. The first-order chi connectivity index (χ1) is 6.68. The number of nitrogens with one attached hydrogen (secondary N) is 1. The van der Waals surface area contributed by atoms with Gasteiger partial charge in [0.05, 0.1) is 5.69 Å². The maximum atomic E-state index is 13.4. The SMILES string of the molecule is Nc1ccc(N2CCNC2=O)c(F)c1. The monoisotopic (exact) mass is 195 g/mol. The molecule has 0 aliphatic carbocycles. The van der Waals surface area contributed by atoms with Crippen LogP contribution in [0.3, 0.4) is 0 Å². The summed E-state index contributed by atoms with van der Waals surface area (Å²) in [5, 5.41) is 2.60. The molecule has 1 saturated heterocycles. The number of carbonyl (C=O) groups excluding carboxylic acids is 1. The Morgan fingerprint density at radius 2 is 2.29 bits per heavy atom. The van der Waals surface area contributed by atoms with Gasteiger partial charge >= 0.3 is 6.03 Å². The largest absolute Gasteiger partial charge is 0.399 e. The molecule has 1 aromatic carbocycles. The zero-order valence-electron chi connectivity index (χ0n) is 7.46. The highest BCUT2D eigenvalue weighted by atomic mass is 19.1. The van der Waals surface area contributed by atoms with Crippen molar-refractivity contribution in [2.24, 2.45) is 0 Å². The van der Waals surface area contributed by atoms with E-state index in [1.807, 2.05) is 0 Å². The summed E-state index contributed by atoms with van der Waals surface area (Å²) in [4.78, 5) is 12.6. The quantitative estimate of drug-likeness (QED) is 0.655. The average molecular weight is 195 g/mol. The first kappa shape index (κ1) is 8.80. The molecule has 0 radical (unpaired) electrons. The second-order valence-electron chi connectivity index (χ2n) is 3.09. The minimum Gasteiger partial charge on any atom is -0.399 e. The van der Waals surface area contributed by atoms with Crippen LogP contribution in [-0.2, 0) is 0 Å². The summed E-state index contributed by atoms with van der Waals surface area (Å²) in [5.74, 6) is -0.470. The zero-order valence-corrected chi connectivity index (χ0v) is 7.46. The van der Waals surface area contributed by atoms with Crippen LogP contribution >= 0.6 is 0 Å². The Hall–Kier alpha value is -1.78. The lowest BCUT2D eigenvalue weighted by Crippen LogP contribution is -2.28. The topological polar surface area (TPSA) is 58.4 Å². The molecule has 74 valence electrons. The summed E-state index contributed by atoms with van der Waals surface area (Å²) in [6.07, 6.45) is 0. The van der Waals surface area contributed by atoms with E-state index in [4.69, 9.17) is 5.73 Å². The lowest BCUT2D eigenvalue weighted by molar-refractivity contribution is 0.252. The van der Waals surface area contributed by atoms with Crippen molar-refractivity contribution in [2.75, 3.05) is 23.7 Å². The lowest BCUT2D eigenvalue weighted by atomic mass is 10.2. The number of amides is 2. The Bertz CT molecular complexity index is 380. The minimum absolute atomic E-state index is 0.270. The number of hydrogen-bond donors (Lipinski definition) is 2. The van der Waals surface area contributed by atoms with Gasteiger partial charge in [0.2, 0.25) is 0 Å². The van der Waals surface area contributed by atoms with Crippen molar-refractivity contribution >= 4 is 17.4 Å². The number of nitrogen functional groups attached to an aromatic ring is 1. The molecule has 3 N–H and O–H groups in total. The molecule has 1 heterocycles. The summed E-state index contributed by atoms with van der Waals surface area (Å²) >= 11 is 0. The molecule has 1 fully saturated rings. The Labute approximate surface area is 80.5 Å². The van der Waals surface area contributed by atoms with E-state index in [1.165, 1.54) is 17.0 Å². The van der Waals surface area contributed by atoms with Crippen LogP contribution in [0.4, 0.5) is 20.6 Å². The number of benzene rings is 1. The van der Waals surface area contributed by atoms with Gasteiger partial charge in [-0.05, 0) is 18.2 Å². The van der Waals surface area contributed by atoms with Crippen molar-refractivity contribution in [1.82, 2.24) is 5.32 Å². The molecule has 4 nitrogen and oxygen atoms in total. The molecule has 1 aliphatic rings. The van der Waals surface area contributed by atoms with Crippen molar-refractivity contribution in [3.05, 3.63) is 24.0 Å². The highest BCUT2D eigenvalue weighted by molar-refractivity contribution is 5.94. The summed E-state index contributed by atoms with van der Waals surface area (Å²) in [6.45, 7) is 1.03. The van der Waals surface area contributed by atoms with E-state index in [-0.39, 0.29) is 11.7 Å². The number of nitrogens with two attached hydrogens (primary N) is 1. The van der Waals surface area contributed by atoms with Crippen LogP contribution in [0, 0.1) is 5.82 Å². The average Bonchev–Trinajstić information content (AvgIpc) is 2.52. The molecule has 0 saturated carbocycles. The number of carbonyl (C=O) groups is 1. The molecule has 5 heteroatoms. The maximum absolute atomic E-state index is 13.4. The van der Waals surface area contributed by atoms with E-state index in [1.54, 1.807) is 6.07 Å². The molecular weight excluding hydrogens is 185 g/mol. The maximum Gasteiger partial charge on any atom is 0.322 e. The van der Waals surface area contributed by atoms with Crippen molar-refractivity contribution < 1.29 is 9.18 Å². The van der Waals surface area contributed by atoms with Gasteiger partial charge in [0.25, 0.3) is 0 Å². The van der Waals surface area contributed by atoms with Crippen LogP contribution in [0.2, 0.25) is 0 Å². The van der Waals surface area contributed by atoms with E-state index in [2.05, 4.69) is 5.32 Å². The van der Waals surface area contributed by atoms with E-state index in [9.17, 15) is 9.18 Å². The number of rotatable bonds is 1. The molecule has 2 rings (SSSR count). The van der Waals surface area contributed by atoms with Gasteiger partial charge in [-0.1, -0.05) is 0 Å². The second kappa shape index (κ2) is 3.17. The number of halogens is 1.